The van der Waals surface area contributed by atoms with Crippen molar-refractivity contribution in [3.05, 3.63) is 12.2 Å². The summed E-state index contributed by atoms with van der Waals surface area (Å²) in [5.74, 6) is 1.56. The molecule has 0 bridgehead atoms. The van der Waals surface area contributed by atoms with E-state index in [1.807, 2.05) is 0 Å². The minimum absolute atomic E-state index is 0.103. The third kappa shape index (κ3) is 4.27. The summed E-state index contributed by atoms with van der Waals surface area (Å²) in [6, 6.07) is -0.103. The number of alkyl carbamates (subject to hydrolysis) is 1. The highest BCUT2D eigenvalue weighted by atomic mass is 35.6. The van der Waals surface area contributed by atoms with Crippen LogP contribution in [0.25, 0.3) is 0 Å². The standard InChI is InChI=1S/C24H34Cl3NO4/c1-22-11-5-4-6-14(22)7-8-15-16-9-10-17(20(29)31-3)23(16,2)12-18(19(15)22)28-21(30)32-13-24(25,26)27/h4-5,14-19H,6-13H2,1-3H3,(H,28,30)/t14-,15+,16+,17-,18-,19-,22+,23+/m1/s1. The van der Waals surface area contributed by atoms with Crippen LogP contribution in [0.4, 0.5) is 4.79 Å². The maximum absolute atomic E-state index is 12.8. The molecule has 0 saturated heterocycles. The number of allylic oxidation sites excluding steroid dienone is 2. The van der Waals surface area contributed by atoms with Crippen molar-refractivity contribution in [1.29, 1.82) is 0 Å². The largest absolute Gasteiger partial charge is 0.469 e. The molecule has 0 radical (unpaired) electrons. The molecule has 0 unspecified atom stereocenters. The average molecular weight is 507 g/mol. The van der Waals surface area contributed by atoms with Crippen LogP contribution in [0.15, 0.2) is 12.2 Å². The average Bonchev–Trinajstić information content (AvgIpc) is 3.07. The number of alkyl halides is 3. The molecule has 4 aliphatic carbocycles. The van der Waals surface area contributed by atoms with E-state index >= 15 is 0 Å². The number of amides is 1. The number of hydrogen-bond donors (Lipinski definition) is 1. The Morgan fingerprint density at radius 1 is 1.09 bits per heavy atom. The molecule has 1 N–H and O–H groups in total. The molecule has 4 aliphatic rings. The van der Waals surface area contributed by atoms with Crippen LogP contribution in [0.3, 0.4) is 0 Å². The Morgan fingerprint density at radius 2 is 1.84 bits per heavy atom. The van der Waals surface area contributed by atoms with Gasteiger partial charge in [0.05, 0.1) is 13.0 Å². The Kier molecular flexibility index (Phi) is 6.77. The quantitative estimate of drug-likeness (QED) is 0.287. The highest BCUT2D eigenvalue weighted by Crippen LogP contribution is 2.67. The topological polar surface area (TPSA) is 64.6 Å². The molecule has 0 aromatic heterocycles. The summed E-state index contributed by atoms with van der Waals surface area (Å²) >= 11 is 17.3. The van der Waals surface area contributed by atoms with E-state index in [1.165, 1.54) is 13.5 Å². The Morgan fingerprint density at radius 3 is 2.53 bits per heavy atom. The molecule has 5 nitrogen and oxygen atoms in total. The third-order valence-electron chi connectivity index (χ3n) is 9.32. The minimum atomic E-state index is -1.65. The fourth-order valence-electron chi connectivity index (χ4n) is 8.03. The van der Waals surface area contributed by atoms with Gasteiger partial charge in [-0.15, -0.1) is 0 Å². The predicted octanol–water partition coefficient (Wildman–Crippen LogP) is 6.06. The number of rotatable bonds is 3. The summed E-state index contributed by atoms with van der Waals surface area (Å²) < 4.78 is 8.77. The Hall–Kier alpha value is -0.650. The van der Waals surface area contributed by atoms with Crippen molar-refractivity contribution in [3.8, 4) is 0 Å². The van der Waals surface area contributed by atoms with Gasteiger partial charge in [-0.25, -0.2) is 4.79 Å². The molecular weight excluding hydrogens is 473 g/mol. The molecule has 8 heteroatoms. The summed E-state index contributed by atoms with van der Waals surface area (Å²) in [5.41, 5.74) is -0.107. The molecule has 0 spiro atoms. The number of carbonyl (C=O) groups is 2. The van der Waals surface area contributed by atoms with Gasteiger partial charge < -0.3 is 14.8 Å². The van der Waals surface area contributed by atoms with E-state index in [0.717, 1.165) is 38.5 Å². The zero-order chi connectivity index (χ0) is 23.3. The molecule has 0 aromatic rings. The van der Waals surface area contributed by atoms with Crippen molar-refractivity contribution >= 4 is 46.9 Å². The van der Waals surface area contributed by atoms with Crippen molar-refractivity contribution < 1.29 is 19.1 Å². The number of nitrogens with one attached hydrogen (secondary N) is 1. The highest BCUT2D eigenvalue weighted by Gasteiger charge is 2.64. The predicted molar refractivity (Wildman–Crippen MR) is 126 cm³/mol. The van der Waals surface area contributed by atoms with E-state index in [1.54, 1.807) is 0 Å². The lowest BCUT2D eigenvalue weighted by Crippen LogP contribution is -2.62. The molecule has 8 atom stereocenters. The van der Waals surface area contributed by atoms with Gasteiger partial charge in [0, 0.05) is 6.04 Å². The van der Waals surface area contributed by atoms with Crippen LogP contribution in [-0.2, 0) is 14.3 Å². The fraction of sp³-hybridized carbons (Fsp3) is 0.833. The second kappa shape index (κ2) is 8.85. The molecule has 4 rings (SSSR count). The number of fused-ring (bicyclic) bond motifs is 5. The van der Waals surface area contributed by atoms with Crippen molar-refractivity contribution in [2.24, 2.45) is 40.4 Å². The first-order chi connectivity index (χ1) is 15.0. The van der Waals surface area contributed by atoms with Gasteiger partial charge in [0.2, 0.25) is 3.79 Å². The fourth-order valence-corrected chi connectivity index (χ4v) is 8.20. The van der Waals surface area contributed by atoms with E-state index < -0.39 is 9.89 Å². The number of halogens is 3. The van der Waals surface area contributed by atoms with E-state index in [2.05, 4.69) is 31.3 Å². The molecule has 3 fully saturated rings. The Balaban J connectivity index is 1.65. The van der Waals surface area contributed by atoms with Crippen molar-refractivity contribution in [3.63, 3.8) is 0 Å². The van der Waals surface area contributed by atoms with Gasteiger partial charge in [-0.05, 0) is 79.4 Å². The second-order valence-corrected chi connectivity index (χ2v) is 13.3. The zero-order valence-electron chi connectivity index (χ0n) is 19.0. The third-order valence-corrected chi connectivity index (χ3v) is 9.65. The second-order valence-electron chi connectivity index (χ2n) is 10.8. The molecular formula is C24H34Cl3NO4. The lowest BCUT2D eigenvalue weighted by molar-refractivity contribution is -0.156. The van der Waals surface area contributed by atoms with E-state index in [-0.39, 0.29) is 35.4 Å². The van der Waals surface area contributed by atoms with Crippen molar-refractivity contribution in [2.45, 2.75) is 68.6 Å². The SMILES string of the molecule is COC(=O)[C@H]1CC[C@H]2[C@@H]3CC[C@H]4CC=CC[C@]4(C)[C@H]3[C@H](NC(=O)OCC(Cl)(Cl)Cl)C[C@]12C. The molecule has 180 valence electrons. The van der Waals surface area contributed by atoms with E-state index in [4.69, 9.17) is 44.3 Å². The van der Waals surface area contributed by atoms with Crippen LogP contribution in [0.2, 0.25) is 0 Å². The molecule has 0 aromatic carbocycles. The van der Waals surface area contributed by atoms with E-state index in [9.17, 15) is 9.59 Å². The molecule has 0 heterocycles. The number of hydrogen-bond acceptors (Lipinski definition) is 4. The minimum Gasteiger partial charge on any atom is -0.469 e. The van der Waals surface area contributed by atoms with Gasteiger partial charge in [-0.3, -0.25) is 4.79 Å². The lowest BCUT2D eigenvalue weighted by atomic mass is 9.44. The van der Waals surface area contributed by atoms with Gasteiger partial charge in [0.1, 0.15) is 6.61 Å². The first-order valence-electron chi connectivity index (χ1n) is 11.7. The first kappa shape index (κ1) is 24.5. The van der Waals surface area contributed by atoms with E-state index in [0.29, 0.717) is 23.7 Å². The molecule has 3 saturated carbocycles. The highest BCUT2D eigenvalue weighted by molar-refractivity contribution is 6.67. The van der Waals surface area contributed by atoms with Crippen molar-refractivity contribution in [1.82, 2.24) is 5.32 Å². The van der Waals surface area contributed by atoms with Gasteiger partial charge in [-0.2, -0.15) is 0 Å². The van der Waals surface area contributed by atoms with Crippen LogP contribution in [-0.4, -0.2) is 35.6 Å². The Bertz CT molecular complexity index is 784. The zero-order valence-corrected chi connectivity index (χ0v) is 21.3. The smallest absolute Gasteiger partial charge is 0.407 e. The van der Waals surface area contributed by atoms with Gasteiger partial charge in [0.15, 0.2) is 0 Å². The molecule has 32 heavy (non-hydrogen) atoms. The van der Waals surface area contributed by atoms with Gasteiger partial charge in [-0.1, -0.05) is 60.8 Å². The van der Waals surface area contributed by atoms with Crippen LogP contribution >= 0.6 is 34.8 Å². The Labute approximate surface area is 205 Å². The first-order valence-corrected chi connectivity index (χ1v) is 12.9. The van der Waals surface area contributed by atoms with Crippen LogP contribution < -0.4 is 5.32 Å². The monoisotopic (exact) mass is 505 g/mol. The number of esters is 1. The van der Waals surface area contributed by atoms with Crippen LogP contribution in [0.5, 0.6) is 0 Å². The van der Waals surface area contributed by atoms with Gasteiger partial charge in [0.25, 0.3) is 0 Å². The summed E-state index contributed by atoms with van der Waals surface area (Å²) in [4.78, 5) is 25.4. The maximum Gasteiger partial charge on any atom is 0.407 e. The summed E-state index contributed by atoms with van der Waals surface area (Å²) in [5, 5.41) is 3.15. The summed E-state index contributed by atoms with van der Waals surface area (Å²) in [6.45, 7) is 4.31. The summed E-state index contributed by atoms with van der Waals surface area (Å²) in [6.07, 6.45) is 11.1. The number of carbonyl (C=O) groups excluding carboxylic acids is 2. The number of methoxy groups -OCH3 is 1. The summed E-state index contributed by atoms with van der Waals surface area (Å²) in [7, 11) is 1.47. The molecule has 0 aliphatic heterocycles. The van der Waals surface area contributed by atoms with Gasteiger partial charge >= 0.3 is 12.1 Å². The number of ether oxygens (including phenoxy) is 2. The van der Waals surface area contributed by atoms with Crippen LogP contribution in [0.1, 0.15) is 58.8 Å². The lowest BCUT2D eigenvalue weighted by Gasteiger charge is -2.62. The van der Waals surface area contributed by atoms with Crippen molar-refractivity contribution in [2.75, 3.05) is 13.7 Å². The maximum atomic E-state index is 12.8. The normalized spacial score (nSPS) is 42.9. The van der Waals surface area contributed by atoms with Crippen LogP contribution in [0, 0.1) is 40.4 Å². The molecule has 1 amide bonds.